The van der Waals surface area contributed by atoms with Crippen LogP contribution in [0, 0.1) is 6.10 Å². The maximum atomic E-state index is 4.77. The summed E-state index contributed by atoms with van der Waals surface area (Å²) >= 11 is 0. The summed E-state index contributed by atoms with van der Waals surface area (Å²) in [6.07, 6.45) is 2.37. The second-order valence-corrected chi connectivity index (χ2v) is 1.18. The third-order valence-corrected chi connectivity index (χ3v) is 0.743. The van der Waals surface area contributed by atoms with Gasteiger partial charge in [0.05, 0.1) is 6.61 Å². The lowest BCUT2D eigenvalue weighted by Crippen LogP contribution is -1.59. The first kappa shape index (κ1) is 3.16. The van der Waals surface area contributed by atoms with E-state index in [0.29, 0.717) is 0 Å². The van der Waals surface area contributed by atoms with Gasteiger partial charge in [-0.2, -0.15) is 0 Å². The van der Waals surface area contributed by atoms with Crippen molar-refractivity contribution in [3.05, 3.63) is 6.10 Å². The van der Waals surface area contributed by atoms with Crippen LogP contribution in [0.2, 0.25) is 0 Å². The van der Waals surface area contributed by atoms with Gasteiger partial charge in [0.25, 0.3) is 0 Å². The van der Waals surface area contributed by atoms with Gasteiger partial charge in [0, 0.05) is 0 Å². The van der Waals surface area contributed by atoms with Crippen LogP contribution < -0.4 is 0 Å². The van der Waals surface area contributed by atoms with Crippen LogP contribution >= 0.6 is 0 Å². The van der Waals surface area contributed by atoms with Crippen molar-refractivity contribution < 1.29 is 4.74 Å². The van der Waals surface area contributed by atoms with Gasteiger partial charge in [-0.05, 0) is 6.42 Å². The summed E-state index contributed by atoms with van der Waals surface area (Å²) in [7, 11) is 0. The fourth-order valence-corrected chi connectivity index (χ4v) is 0.255. The normalized spacial score (nSPS) is 23.4. The number of epoxide rings is 1. The van der Waals surface area contributed by atoms with Crippen molar-refractivity contribution in [3.63, 3.8) is 0 Å². The Morgan fingerprint density at radius 2 is 2.60 bits per heavy atom. The SMILES string of the molecule is CC[C]1CO1. The van der Waals surface area contributed by atoms with Gasteiger partial charge in [-0.15, -0.1) is 0 Å². The minimum absolute atomic E-state index is 0.927. The highest BCUT2D eigenvalue weighted by molar-refractivity contribution is 4.88. The van der Waals surface area contributed by atoms with Gasteiger partial charge < -0.3 is 4.74 Å². The van der Waals surface area contributed by atoms with E-state index in [-0.39, 0.29) is 0 Å². The zero-order valence-electron chi connectivity index (χ0n) is 3.32. The van der Waals surface area contributed by atoms with E-state index in [1.807, 2.05) is 0 Å². The molecular weight excluding hydrogens is 64.0 g/mol. The molecule has 1 rings (SSSR count). The molecule has 1 nitrogen and oxygen atoms in total. The van der Waals surface area contributed by atoms with Crippen molar-refractivity contribution in [2.75, 3.05) is 6.61 Å². The predicted octanol–water partition coefficient (Wildman–Crippen LogP) is 0.959. The van der Waals surface area contributed by atoms with E-state index in [4.69, 9.17) is 4.74 Å². The van der Waals surface area contributed by atoms with Crippen molar-refractivity contribution in [2.45, 2.75) is 13.3 Å². The van der Waals surface area contributed by atoms with E-state index in [9.17, 15) is 0 Å². The van der Waals surface area contributed by atoms with Crippen LogP contribution in [0.3, 0.4) is 0 Å². The van der Waals surface area contributed by atoms with E-state index in [0.717, 1.165) is 13.0 Å². The third kappa shape index (κ3) is 0.618. The lowest BCUT2D eigenvalue weighted by atomic mass is 10.4. The lowest BCUT2D eigenvalue weighted by Gasteiger charge is -1.67. The Balaban J connectivity index is 2.00. The van der Waals surface area contributed by atoms with Crippen LogP contribution in [0.15, 0.2) is 0 Å². The number of hydrogen-bond acceptors (Lipinski definition) is 1. The molecule has 1 heterocycles. The molecule has 5 heavy (non-hydrogen) atoms. The smallest absolute Gasteiger partial charge is 0.122 e. The topological polar surface area (TPSA) is 12.5 Å². The lowest BCUT2D eigenvalue weighted by molar-refractivity contribution is 0.462. The predicted molar refractivity (Wildman–Crippen MR) is 19.5 cm³/mol. The Bertz CT molecular complexity index is 30.6. The average Bonchev–Trinajstić information content (AvgIpc) is 2.12. The molecule has 0 aromatic heterocycles. The maximum absolute atomic E-state index is 4.77. The molecule has 1 fully saturated rings. The van der Waals surface area contributed by atoms with Gasteiger partial charge in [-0.25, -0.2) is 0 Å². The maximum Gasteiger partial charge on any atom is 0.122 e. The minimum atomic E-state index is 0.927. The Labute approximate surface area is 31.9 Å². The van der Waals surface area contributed by atoms with Crippen LogP contribution in [0.1, 0.15) is 13.3 Å². The van der Waals surface area contributed by atoms with Crippen LogP contribution in [-0.2, 0) is 4.74 Å². The summed E-state index contributed by atoms with van der Waals surface area (Å²) in [5.41, 5.74) is 0. The quantitative estimate of drug-likeness (QED) is 0.419. The van der Waals surface area contributed by atoms with Gasteiger partial charge in [-0.1, -0.05) is 6.92 Å². The van der Waals surface area contributed by atoms with E-state index in [1.165, 1.54) is 6.10 Å². The van der Waals surface area contributed by atoms with Crippen LogP contribution in [0.25, 0.3) is 0 Å². The largest absolute Gasteiger partial charge is 0.366 e. The second kappa shape index (κ2) is 0.977. The summed E-state index contributed by atoms with van der Waals surface area (Å²) in [5, 5.41) is 0. The number of hydrogen-bond donors (Lipinski definition) is 0. The van der Waals surface area contributed by atoms with Crippen molar-refractivity contribution in [1.82, 2.24) is 0 Å². The summed E-state index contributed by atoms with van der Waals surface area (Å²) in [6, 6.07) is 0. The first-order valence-corrected chi connectivity index (χ1v) is 1.91. The summed E-state index contributed by atoms with van der Waals surface area (Å²) in [6.45, 7) is 3.03. The van der Waals surface area contributed by atoms with Gasteiger partial charge in [0.2, 0.25) is 0 Å². The number of ether oxygens (including phenoxy) is 1. The molecule has 1 saturated heterocycles. The van der Waals surface area contributed by atoms with Gasteiger partial charge >= 0.3 is 0 Å². The fraction of sp³-hybridized carbons (Fsp3) is 0.750. The highest BCUT2D eigenvalue weighted by atomic mass is 16.6. The molecular formula is C4H7O. The first-order valence-electron chi connectivity index (χ1n) is 1.91. The average molecular weight is 71.1 g/mol. The molecule has 29 valence electrons. The Kier molecular flexibility index (Phi) is 0.618. The zero-order valence-corrected chi connectivity index (χ0v) is 3.32. The molecule has 0 atom stereocenters. The molecule has 0 N–H and O–H groups in total. The molecule has 1 heteroatoms. The standard InChI is InChI=1S/C4H7O/c1-2-4-3-5-4/h2-3H2,1H3. The van der Waals surface area contributed by atoms with E-state index < -0.39 is 0 Å². The van der Waals surface area contributed by atoms with Gasteiger partial charge in [-0.3, -0.25) is 0 Å². The molecule has 0 amide bonds. The van der Waals surface area contributed by atoms with Crippen molar-refractivity contribution in [2.24, 2.45) is 0 Å². The van der Waals surface area contributed by atoms with E-state index >= 15 is 0 Å². The second-order valence-electron chi connectivity index (χ2n) is 1.18. The molecule has 0 spiro atoms. The molecule has 0 saturated carbocycles. The van der Waals surface area contributed by atoms with Crippen LogP contribution in [0.5, 0.6) is 0 Å². The minimum Gasteiger partial charge on any atom is -0.366 e. The monoisotopic (exact) mass is 71.0 g/mol. The van der Waals surface area contributed by atoms with Crippen molar-refractivity contribution >= 4 is 0 Å². The fourth-order valence-electron chi connectivity index (χ4n) is 0.255. The first-order chi connectivity index (χ1) is 2.43. The number of rotatable bonds is 1. The van der Waals surface area contributed by atoms with Crippen molar-refractivity contribution in [1.29, 1.82) is 0 Å². The van der Waals surface area contributed by atoms with Gasteiger partial charge in [0.15, 0.2) is 0 Å². The van der Waals surface area contributed by atoms with E-state index in [1.54, 1.807) is 0 Å². The Morgan fingerprint density at radius 1 is 2.00 bits per heavy atom. The molecule has 0 aromatic rings. The third-order valence-electron chi connectivity index (χ3n) is 0.743. The summed E-state index contributed by atoms with van der Waals surface area (Å²) < 4.78 is 4.77. The highest BCUT2D eigenvalue weighted by Gasteiger charge is 2.20. The molecule has 0 aromatic carbocycles. The molecule has 1 aliphatic heterocycles. The molecule has 1 aliphatic rings. The molecule has 0 bridgehead atoms. The van der Waals surface area contributed by atoms with Gasteiger partial charge in [0.1, 0.15) is 6.10 Å². The molecule has 0 unspecified atom stereocenters. The molecule has 0 aliphatic carbocycles. The zero-order chi connectivity index (χ0) is 3.70. The van der Waals surface area contributed by atoms with Crippen molar-refractivity contribution in [3.8, 4) is 0 Å². The molecule has 1 radical (unpaired) electrons. The Morgan fingerprint density at radius 3 is 2.60 bits per heavy atom. The highest BCUT2D eigenvalue weighted by Crippen LogP contribution is 2.21. The van der Waals surface area contributed by atoms with Crippen LogP contribution in [-0.4, -0.2) is 6.61 Å². The van der Waals surface area contributed by atoms with E-state index in [2.05, 4.69) is 6.92 Å². The summed E-state index contributed by atoms with van der Waals surface area (Å²) in [5.74, 6) is 0. The van der Waals surface area contributed by atoms with Crippen LogP contribution in [0.4, 0.5) is 0 Å². The Hall–Kier alpha value is -0.0400. The summed E-state index contributed by atoms with van der Waals surface area (Å²) in [4.78, 5) is 0.